The molecule has 0 spiro atoms. The van der Waals surface area contributed by atoms with Gasteiger partial charge < -0.3 is 37.2 Å². The van der Waals surface area contributed by atoms with Gasteiger partial charge in [-0.05, 0) is 25.8 Å². The Hall–Kier alpha value is 0.154. The van der Waals surface area contributed by atoms with Crippen molar-refractivity contribution in [2.24, 2.45) is 0 Å². The maximum absolute atomic E-state index is 2.25. The molecule has 18 heavy (non-hydrogen) atoms. The molecule has 0 bridgehead atoms. The summed E-state index contributed by atoms with van der Waals surface area (Å²) in [5.41, 5.74) is 5.57. The summed E-state index contributed by atoms with van der Waals surface area (Å²) in [6, 6.07) is 15.2. The van der Waals surface area contributed by atoms with Gasteiger partial charge in [0.1, 0.15) is 0 Å². The third kappa shape index (κ3) is 6.36. The van der Waals surface area contributed by atoms with Gasteiger partial charge in [0.25, 0.3) is 0 Å². The number of aryl methyl sites for hydroxylation is 2. The quantitative estimate of drug-likeness (QED) is 0.379. The van der Waals surface area contributed by atoms with Gasteiger partial charge in [0.2, 0.25) is 0 Å². The van der Waals surface area contributed by atoms with E-state index in [1.54, 1.807) is 0 Å². The Balaban J connectivity index is -0.000000562. The van der Waals surface area contributed by atoms with Gasteiger partial charge in [-0.3, -0.25) is 0 Å². The second-order valence-electron chi connectivity index (χ2n) is 3.90. The Morgan fingerprint density at radius 2 is 1.50 bits per heavy atom. The second kappa shape index (κ2) is 11.0. The van der Waals surface area contributed by atoms with Crippen molar-refractivity contribution in [3.63, 3.8) is 0 Å². The van der Waals surface area contributed by atoms with Gasteiger partial charge in [-0.25, -0.2) is 12.1 Å². The molecule has 0 fully saturated rings. The second-order valence-corrected chi connectivity index (χ2v) is 3.90. The fourth-order valence-electron chi connectivity index (χ4n) is 1.80. The SMILES string of the molecule is Cc1ccc(C[c-]2cccc2)c(C)c1.[Cl-].[Cl-].[Cl-].[Ti+4]. The predicted molar refractivity (Wildman–Crippen MR) is 60.8 cm³/mol. The zero-order chi connectivity index (χ0) is 9.97. The van der Waals surface area contributed by atoms with Crippen LogP contribution in [-0.4, -0.2) is 0 Å². The van der Waals surface area contributed by atoms with E-state index in [9.17, 15) is 0 Å². The molecule has 0 amide bonds. The molecule has 0 unspecified atom stereocenters. The molecule has 0 aliphatic rings. The van der Waals surface area contributed by atoms with Crippen LogP contribution in [0.1, 0.15) is 22.3 Å². The van der Waals surface area contributed by atoms with Gasteiger partial charge in [-0.15, -0.1) is 0 Å². The minimum atomic E-state index is 0. The van der Waals surface area contributed by atoms with Crippen molar-refractivity contribution in [2.45, 2.75) is 20.3 Å². The van der Waals surface area contributed by atoms with Crippen LogP contribution < -0.4 is 37.2 Å². The number of halogens is 3. The standard InChI is InChI=1S/C14H15.3ClH.Ti/c1-11-7-8-14(12(2)9-11)10-13-5-3-4-6-13;;;;/h3-9H,10H2,1-2H3;3*1H;/q-1;;;;+4/p-3. The molecular weight excluding hydrogens is 322 g/mol. The van der Waals surface area contributed by atoms with Crippen LogP contribution >= 0.6 is 0 Å². The average molecular weight is 338 g/mol. The van der Waals surface area contributed by atoms with Gasteiger partial charge in [0.05, 0.1) is 0 Å². The summed E-state index contributed by atoms with van der Waals surface area (Å²) >= 11 is 0. The number of hydrogen-bond acceptors (Lipinski definition) is 0. The average Bonchev–Trinajstić information content (AvgIpc) is 2.62. The summed E-state index contributed by atoms with van der Waals surface area (Å²) < 4.78 is 0. The third-order valence-electron chi connectivity index (χ3n) is 2.62. The first-order chi connectivity index (χ1) is 6.75. The van der Waals surface area contributed by atoms with Crippen molar-refractivity contribution in [3.8, 4) is 0 Å². The summed E-state index contributed by atoms with van der Waals surface area (Å²) in [5, 5.41) is 0. The largest absolute Gasteiger partial charge is 4.00 e. The van der Waals surface area contributed by atoms with Crippen molar-refractivity contribution in [1.82, 2.24) is 0 Å². The molecule has 0 atom stereocenters. The Morgan fingerprint density at radius 3 is 2.00 bits per heavy atom. The maximum Gasteiger partial charge on any atom is 4.00 e. The minimum Gasteiger partial charge on any atom is -1.00 e. The first kappa shape index (κ1) is 23.3. The van der Waals surface area contributed by atoms with Crippen LogP contribution in [0, 0.1) is 13.8 Å². The van der Waals surface area contributed by atoms with Crippen LogP contribution in [0.4, 0.5) is 0 Å². The predicted octanol–water partition coefficient (Wildman–Crippen LogP) is -5.38. The first-order valence-corrected chi connectivity index (χ1v) is 5.02. The number of hydrogen-bond donors (Lipinski definition) is 0. The Bertz CT molecular complexity index is 425. The molecule has 0 heterocycles. The summed E-state index contributed by atoms with van der Waals surface area (Å²) in [5.74, 6) is 0. The van der Waals surface area contributed by atoms with E-state index in [-0.39, 0.29) is 58.9 Å². The van der Waals surface area contributed by atoms with E-state index in [2.05, 4.69) is 56.3 Å². The van der Waals surface area contributed by atoms with E-state index < -0.39 is 0 Å². The smallest absolute Gasteiger partial charge is 1.00 e. The van der Waals surface area contributed by atoms with Crippen LogP contribution in [0.15, 0.2) is 42.5 Å². The summed E-state index contributed by atoms with van der Waals surface area (Å²) in [6.45, 7) is 4.32. The topological polar surface area (TPSA) is 0 Å². The van der Waals surface area contributed by atoms with Gasteiger partial charge >= 0.3 is 21.7 Å². The normalized spacial score (nSPS) is 8.11. The minimum absolute atomic E-state index is 0. The van der Waals surface area contributed by atoms with Gasteiger partial charge in [0, 0.05) is 0 Å². The van der Waals surface area contributed by atoms with E-state index in [0.717, 1.165) is 6.42 Å². The van der Waals surface area contributed by atoms with Crippen LogP contribution in [0.25, 0.3) is 0 Å². The third-order valence-corrected chi connectivity index (χ3v) is 2.62. The van der Waals surface area contributed by atoms with Crippen molar-refractivity contribution in [3.05, 3.63) is 64.7 Å². The van der Waals surface area contributed by atoms with E-state index in [0.29, 0.717) is 0 Å². The molecule has 2 rings (SSSR count). The maximum atomic E-state index is 2.25. The fourth-order valence-corrected chi connectivity index (χ4v) is 1.80. The summed E-state index contributed by atoms with van der Waals surface area (Å²) in [6.07, 6.45) is 1.05. The number of rotatable bonds is 2. The van der Waals surface area contributed by atoms with Crippen molar-refractivity contribution < 1.29 is 58.9 Å². The summed E-state index contributed by atoms with van der Waals surface area (Å²) in [4.78, 5) is 0. The molecule has 0 N–H and O–H groups in total. The van der Waals surface area contributed by atoms with Crippen LogP contribution in [0.5, 0.6) is 0 Å². The van der Waals surface area contributed by atoms with Crippen molar-refractivity contribution in [2.75, 3.05) is 0 Å². The molecule has 96 valence electrons. The molecule has 2 aromatic carbocycles. The number of benzene rings is 1. The van der Waals surface area contributed by atoms with Crippen LogP contribution in [-0.2, 0) is 28.1 Å². The van der Waals surface area contributed by atoms with Gasteiger partial charge in [0.15, 0.2) is 0 Å². The summed E-state index contributed by atoms with van der Waals surface area (Å²) in [7, 11) is 0. The zero-order valence-electron chi connectivity index (χ0n) is 10.4. The zero-order valence-corrected chi connectivity index (χ0v) is 14.2. The first-order valence-electron chi connectivity index (χ1n) is 5.02. The molecule has 4 heteroatoms. The van der Waals surface area contributed by atoms with Crippen LogP contribution in [0.3, 0.4) is 0 Å². The molecular formula is C14H15Cl3Ti. The molecule has 0 aliphatic heterocycles. The van der Waals surface area contributed by atoms with Crippen molar-refractivity contribution in [1.29, 1.82) is 0 Å². The molecule has 0 aromatic heterocycles. The van der Waals surface area contributed by atoms with Crippen molar-refractivity contribution >= 4 is 0 Å². The Labute approximate surface area is 143 Å². The Kier molecular flexibility index (Phi) is 14.2. The molecule has 0 radical (unpaired) electrons. The molecule has 0 aliphatic carbocycles. The van der Waals surface area contributed by atoms with Crippen LogP contribution in [0.2, 0.25) is 0 Å². The van der Waals surface area contributed by atoms with E-state index in [4.69, 9.17) is 0 Å². The molecule has 0 saturated carbocycles. The Morgan fingerprint density at radius 1 is 0.944 bits per heavy atom. The molecule has 0 nitrogen and oxygen atoms in total. The monoisotopic (exact) mass is 336 g/mol. The fraction of sp³-hybridized carbons (Fsp3) is 0.214. The van der Waals surface area contributed by atoms with Gasteiger partial charge in [-0.2, -0.15) is 17.7 Å². The molecule has 2 aromatic rings. The molecule has 0 saturated heterocycles. The van der Waals surface area contributed by atoms with E-state index >= 15 is 0 Å². The van der Waals surface area contributed by atoms with Gasteiger partial charge in [-0.1, -0.05) is 29.3 Å². The van der Waals surface area contributed by atoms with E-state index in [1.807, 2.05) is 0 Å². The van der Waals surface area contributed by atoms with E-state index in [1.165, 1.54) is 22.3 Å².